The van der Waals surface area contributed by atoms with E-state index in [2.05, 4.69) is 12.2 Å². The summed E-state index contributed by atoms with van der Waals surface area (Å²) in [4.78, 5) is 53.8. The van der Waals surface area contributed by atoms with Crippen LogP contribution in [0.5, 0.6) is 0 Å². The molecule has 1 saturated heterocycles. The molecule has 9 heteroatoms. The number of carbonyl (C=O) groups excluding carboxylic acids is 2. The fourth-order valence-electron chi connectivity index (χ4n) is 5.36. The molecular weight excluding hydrogens is 452 g/mol. The number of fused-ring (bicyclic) bond motifs is 1. The van der Waals surface area contributed by atoms with Crippen LogP contribution in [0.2, 0.25) is 0 Å². The Bertz CT molecular complexity index is 1140. The molecule has 2 aliphatic rings. The van der Waals surface area contributed by atoms with Crippen LogP contribution in [-0.2, 0) is 22.7 Å². The molecule has 3 heterocycles. The van der Waals surface area contributed by atoms with Crippen molar-refractivity contribution < 1.29 is 9.59 Å². The van der Waals surface area contributed by atoms with E-state index in [4.69, 9.17) is 0 Å². The Morgan fingerprint density at radius 3 is 2.59 bits per heavy atom. The number of hydrogen-bond donors (Lipinski definition) is 1. The van der Waals surface area contributed by atoms with Crippen molar-refractivity contribution >= 4 is 33.4 Å². The van der Waals surface area contributed by atoms with Gasteiger partial charge < -0.3 is 10.2 Å². The standard InChI is InChI=1S/C25H36N4O4S/c1-3-11-26-23(31)19-8-6-18(7-9-19)15-29-24(32)22-20(10-13-34-22)28(25(29)33)16-21(30)27-12-4-5-17(2)14-27/h10,13,17-19H,3-9,11-12,14-16H2,1-2H3,(H,26,31). The lowest BCUT2D eigenvalue weighted by Crippen LogP contribution is -2.46. The van der Waals surface area contributed by atoms with Gasteiger partial charge in [-0.15, -0.1) is 11.3 Å². The Morgan fingerprint density at radius 2 is 1.88 bits per heavy atom. The Balaban J connectivity index is 1.51. The van der Waals surface area contributed by atoms with Gasteiger partial charge in [-0.3, -0.25) is 23.5 Å². The lowest BCUT2D eigenvalue weighted by atomic mass is 9.81. The molecule has 0 aromatic carbocycles. The molecule has 0 bridgehead atoms. The van der Waals surface area contributed by atoms with Crippen molar-refractivity contribution in [2.45, 2.75) is 71.9 Å². The maximum atomic E-state index is 13.4. The number of amides is 2. The number of likely N-dealkylation sites (tertiary alicyclic amines) is 1. The van der Waals surface area contributed by atoms with E-state index in [-0.39, 0.29) is 35.8 Å². The van der Waals surface area contributed by atoms with Crippen molar-refractivity contribution in [3.63, 3.8) is 0 Å². The van der Waals surface area contributed by atoms with E-state index < -0.39 is 5.69 Å². The second-order valence-corrected chi connectivity index (χ2v) is 10.9. The third-order valence-corrected chi connectivity index (χ3v) is 8.24. The first-order chi connectivity index (χ1) is 16.4. The Hall–Kier alpha value is -2.42. The van der Waals surface area contributed by atoms with Gasteiger partial charge in [0.15, 0.2) is 0 Å². The third kappa shape index (κ3) is 5.29. The number of aromatic nitrogens is 2. The average molecular weight is 489 g/mol. The van der Waals surface area contributed by atoms with Gasteiger partial charge in [0.25, 0.3) is 5.56 Å². The van der Waals surface area contributed by atoms with E-state index in [1.54, 1.807) is 11.4 Å². The lowest BCUT2D eigenvalue weighted by molar-refractivity contribution is -0.133. The molecule has 2 amide bonds. The lowest BCUT2D eigenvalue weighted by Gasteiger charge is -2.31. The topological polar surface area (TPSA) is 93.4 Å². The maximum Gasteiger partial charge on any atom is 0.332 e. The highest BCUT2D eigenvalue weighted by molar-refractivity contribution is 7.17. The normalized spacial score (nSPS) is 23.2. The summed E-state index contributed by atoms with van der Waals surface area (Å²) in [6.07, 6.45) is 6.18. The number of piperidine rings is 1. The third-order valence-electron chi connectivity index (χ3n) is 7.35. The predicted molar refractivity (Wildman–Crippen MR) is 134 cm³/mol. The summed E-state index contributed by atoms with van der Waals surface area (Å²) in [7, 11) is 0. The number of carbonyl (C=O) groups is 2. The molecule has 0 radical (unpaired) electrons. The first-order valence-corrected chi connectivity index (χ1v) is 13.5. The quantitative estimate of drug-likeness (QED) is 0.649. The van der Waals surface area contributed by atoms with Crippen molar-refractivity contribution in [3.8, 4) is 0 Å². The molecule has 2 fully saturated rings. The molecule has 1 N–H and O–H groups in total. The monoisotopic (exact) mass is 488 g/mol. The molecule has 1 saturated carbocycles. The SMILES string of the molecule is CCCNC(=O)C1CCC(Cn2c(=O)c3sccc3n(CC(=O)N3CCCC(C)C3)c2=O)CC1. The van der Waals surface area contributed by atoms with Crippen LogP contribution in [0.25, 0.3) is 10.2 Å². The van der Waals surface area contributed by atoms with Gasteiger partial charge in [0, 0.05) is 32.1 Å². The molecule has 1 aliphatic heterocycles. The highest BCUT2D eigenvalue weighted by Gasteiger charge is 2.28. The molecule has 8 nitrogen and oxygen atoms in total. The van der Waals surface area contributed by atoms with Gasteiger partial charge in [-0.05, 0) is 68.2 Å². The Labute approximate surface area is 203 Å². The highest BCUT2D eigenvalue weighted by Crippen LogP contribution is 2.30. The second-order valence-electron chi connectivity index (χ2n) is 10.0. The van der Waals surface area contributed by atoms with Gasteiger partial charge in [-0.25, -0.2) is 4.79 Å². The highest BCUT2D eigenvalue weighted by atomic mass is 32.1. The van der Waals surface area contributed by atoms with Gasteiger partial charge in [0.2, 0.25) is 11.8 Å². The van der Waals surface area contributed by atoms with Crippen LogP contribution in [0.3, 0.4) is 0 Å². The molecule has 34 heavy (non-hydrogen) atoms. The molecule has 1 unspecified atom stereocenters. The van der Waals surface area contributed by atoms with Crippen molar-refractivity contribution in [2.75, 3.05) is 19.6 Å². The van der Waals surface area contributed by atoms with E-state index in [1.165, 1.54) is 20.5 Å². The fourth-order valence-corrected chi connectivity index (χ4v) is 6.20. The summed E-state index contributed by atoms with van der Waals surface area (Å²) >= 11 is 1.32. The van der Waals surface area contributed by atoms with E-state index in [1.807, 2.05) is 11.8 Å². The smallest absolute Gasteiger partial charge is 0.332 e. The van der Waals surface area contributed by atoms with E-state index in [0.717, 1.165) is 58.0 Å². The van der Waals surface area contributed by atoms with Gasteiger partial charge in [0.1, 0.15) is 11.2 Å². The number of thiophene rings is 1. The van der Waals surface area contributed by atoms with Gasteiger partial charge in [-0.1, -0.05) is 13.8 Å². The zero-order valence-electron chi connectivity index (χ0n) is 20.3. The minimum absolute atomic E-state index is 0.0144. The maximum absolute atomic E-state index is 13.4. The van der Waals surface area contributed by atoms with Gasteiger partial charge in [-0.2, -0.15) is 0 Å². The van der Waals surface area contributed by atoms with E-state index in [9.17, 15) is 19.2 Å². The van der Waals surface area contributed by atoms with Crippen LogP contribution in [-0.4, -0.2) is 45.5 Å². The van der Waals surface area contributed by atoms with E-state index in [0.29, 0.717) is 29.2 Å². The average Bonchev–Trinajstić information content (AvgIpc) is 3.33. The molecule has 186 valence electrons. The number of nitrogens with zero attached hydrogens (tertiary/aromatic N) is 3. The van der Waals surface area contributed by atoms with Crippen LogP contribution in [0.15, 0.2) is 21.0 Å². The summed E-state index contributed by atoms with van der Waals surface area (Å²) in [6, 6.07) is 1.76. The summed E-state index contributed by atoms with van der Waals surface area (Å²) in [5.41, 5.74) is -0.129. The molecule has 2 aromatic rings. The summed E-state index contributed by atoms with van der Waals surface area (Å²) in [5, 5.41) is 4.78. The van der Waals surface area contributed by atoms with Crippen LogP contribution in [0, 0.1) is 17.8 Å². The molecule has 4 rings (SSSR count). The summed E-state index contributed by atoms with van der Waals surface area (Å²) in [6.45, 7) is 6.61. The van der Waals surface area contributed by atoms with Crippen LogP contribution in [0.1, 0.15) is 58.8 Å². The van der Waals surface area contributed by atoms with Crippen molar-refractivity contribution in [2.24, 2.45) is 17.8 Å². The number of nitrogens with one attached hydrogen (secondary N) is 1. The first kappa shape index (κ1) is 24.7. The second kappa shape index (κ2) is 10.9. The van der Waals surface area contributed by atoms with Crippen molar-refractivity contribution in [1.82, 2.24) is 19.4 Å². The predicted octanol–water partition coefficient (Wildman–Crippen LogP) is 2.82. The molecule has 2 aromatic heterocycles. The molecule has 0 spiro atoms. The minimum Gasteiger partial charge on any atom is -0.356 e. The van der Waals surface area contributed by atoms with Gasteiger partial charge >= 0.3 is 5.69 Å². The Morgan fingerprint density at radius 1 is 1.12 bits per heavy atom. The van der Waals surface area contributed by atoms with E-state index >= 15 is 0 Å². The Kier molecular flexibility index (Phi) is 7.91. The van der Waals surface area contributed by atoms with Crippen LogP contribution < -0.4 is 16.6 Å². The van der Waals surface area contributed by atoms with Crippen LogP contribution >= 0.6 is 11.3 Å². The summed E-state index contributed by atoms with van der Waals surface area (Å²) in [5.74, 6) is 0.699. The van der Waals surface area contributed by atoms with Crippen molar-refractivity contribution in [3.05, 3.63) is 32.3 Å². The van der Waals surface area contributed by atoms with Crippen molar-refractivity contribution in [1.29, 1.82) is 0 Å². The first-order valence-electron chi connectivity index (χ1n) is 12.6. The zero-order valence-corrected chi connectivity index (χ0v) is 21.1. The molecule has 1 aliphatic carbocycles. The zero-order chi connectivity index (χ0) is 24.2. The number of hydrogen-bond acceptors (Lipinski definition) is 5. The molecule has 1 atom stereocenters. The largest absolute Gasteiger partial charge is 0.356 e. The number of rotatable bonds is 7. The summed E-state index contributed by atoms with van der Waals surface area (Å²) < 4.78 is 3.33. The van der Waals surface area contributed by atoms with Crippen LogP contribution in [0.4, 0.5) is 0 Å². The fraction of sp³-hybridized carbons (Fsp3) is 0.680. The van der Waals surface area contributed by atoms with Gasteiger partial charge in [0.05, 0.1) is 5.52 Å². The minimum atomic E-state index is -0.405. The molecular formula is C25H36N4O4S.